The van der Waals surface area contributed by atoms with Gasteiger partial charge in [-0.05, 0) is 24.3 Å². The highest BCUT2D eigenvalue weighted by atomic mass is 32.2. The van der Waals surface area contributed by atoms with Gasteiger partial charge in [0, 0.05) is 18.3 Å². The molecular weight excluding hydrogens is 244 g/mol. The molecule has 0 aliphatic carbocycles. The Balaban J connectivity index is 2.45. The Morgan fingerprint density at radius 1 is 1.12 bits per heavy atom. The van der Waals surface area contributed by atoms with Crippen LogP contribution in [0.1, 0.15) is 0 Å². The van der Waals surface area contributed by atoms with Crippen molar-refractivity contribution in [2.24, 2.45) is 0 Å². The summed E-state index contributed by atoms with van der Waals surface area (Å²) in [5, 5.41) is 10.5. The second-order valence-electron chi connectivity index (χ2n) is 3.29. The molecule has 88 valence electrons. The van der Waals surface area contributed by atoms with E-state index in [0.717, 1.165) is 12.1 Å². The summed E-state index contributed by atoms with van der Waals surface area (Å²) in [5.74, 6) is 0. The summed E-state index contributed by atoms with van der Waals surface area (Å²) in [7, 11) is -3.62. The van der Waals surface area contributed by atoms with E-state index >= 15 is 0 Å². The molecule has 17 heavy (non-hydrogen) atoms. The quantitative estimate of drug-likeness (QED) is 0.665. The molecule has 0 amide bonds. The summed E-state index contributed by atoms with van der Waals surface area (Å²) in [6.45, 7) is 0. The van der Waals surface area contributed by atoms with Crippen molar-refractivity contribution in [3.05, 3.63) is 52.7 Å². The van der Waals surface area contributed by atoms with Crippen LogP contribution in [0.25, 0.3) is 0 Å². The van der Waals surface area contributed by atoms with Crippen LogP contribution in [-0.2, 0) is 9.84 Å². The predicted octanol–water partition coefficient (Wildman–Crippen LogP) is 1.76. The Kier molecular flexibility index (Phi) is 2.68. The molecule has 0 aliphatic heterocycles. The Morgan fingerprint density at radius 2 is 1.76 bits per heavy atom. The van der Waals surface area contributed by atoms with Crippen LogP contribution < -0.4 is 0 Å². The van der Waals surface area contributed by atoms with Crippen LogP contribution in [0.2, 0.25) is 0 Å². The molecule has 0 aliphatic rings. The first-order chi connectivity index (χ1) is 8.01. The fraction of sp³-hybridized carbons (Fsp3) is 0. The lowest BCUT2D eigenvalue weighted by molar-refractivity contribution is -0.384. The minimum Gasteiger partial charge on any atom is -0.352 e. The third-order valence-corrected chi connectivity index (χ3v) is 3.94. The second-order valence-corrected chi connectivity index (χ2v) is 5.21. The van der Waals surface area contributed by atoms with Gasteiger partial charge in [-0.1, -0.05) is 0 Å². The van der Waals surface area contributed by atoms with E-state index in [9.17, 15) is 18.5 Å². The number of nitrogens with zero attached hydrogens (tertiary/aromatic N) is 1. The van der Waals surface area contributed by atoms with E-state index in [1.54, 1.807) is 6.07 Å². The van der Waals surface area contributed by atoms with Crippen LogP contribution in [0, 0.1) is 10.1 Å². The number of aromatic amines is 1. The van der Waals surface area contributed by atoms with E-state index in [4.69, 9.17) is 0 Å². The molecule has 2 aromatic rings. The maximum absolute atomic E-state index is 12.0. The summed E-state index contributed by atoms with van der Waals surface area (Å²) in [5.41, 5.74) is -0.143. The van der Waals surface area contributed by atoms with Gasteiger partial charge in [-0.3, -0.25) is 10.1 Å². The minimum absolute atomic E-state index is 0.0190. The zero-order valence-corrected chi connectivity index (χ0v) is 9.35. The van der Waals surface area contributed by atoms with Crippen LogP contribution in [0.15, 0.2) is 52.5 Å². The zero-order valence-electron chi connectivity index (χ0n) is 8.53. The molecule has 0 saturated carbocycles. The molecule has 0 bridgehead atoms. The van der Waals surface area contributed by atoms with Crippen molar-refractivity contribution in [3.8, 4) is 0 Å². The summed E-state index contributed by atoms with van der Waals surface area (Å²) in [6, 6.07) is 7.75. The molecule has 7 heteroatoms. The van der Waals surface area contributed by atoms with Crippen molar-refractivity contribution in [1.29, 1.82) is 0 Å². The number of rotatable bonds is 3. The SMILES string of the molecule is O=[N+]([O-])c1ccc(S(=O)(=O)c2ccc[nH]2)cc1. The van der Waals surface area contributed by atoms with Crippen molar-refractivity contribution in [3.63, 3.8) is 0 Å². The first-order valence-electron chi connectivity index (χ1n) is 4.65. The third kappa shape index (κ3) is 2.04. The van der Waals surface area contributed by atoms with Crippen molar-refractivity contribution < 1.29 is 13.3 Å². The summed E-state index contributed by atoms with van der Waals surface area (Å²) < 4.78 is 23.9. The monoisotopic (exact) mass is 252 g/mol. The number of non-ortho nitro benzene ring substituents is 1. The highest BCUT2D eigenvalue weighted by Gasteiger charge is 2.19. The van der Waals surface area contributed by atoms with Gasteiger partial charge in [0.25, 0.3) is 5.69 Å². The number of nitro benzene ring substituents is 1. The van der Waals surface area contributed by atoms with Gasteiger partial charge in [-0.15, -0.1) is 0 Å². The zero-order chi connectivity index (χ0) is 12.5. The summed E-state index contributed by atoms with van der Waals surface area (Å²) >= 11 is 0. The molecule has 1 N–H and O–H groups in total. The van der Waals surface area contributed by atoms with Crippen LogP contribution in [0.4, 0.5) is 5.69 Å². The van der Waals surface area contributed by atoms with E-state index in [1.165, 1.54) is 24.4 Å². The number of aromatic nitrogens is 1. The van der Waals surface area contributed by atoms with Crippen molar-refractivity contribution >= 4 is 15.5 Å². The van der Waals surface area contributed by atoms with Gasteiger partial charge in [-0.25, -0.2) is 8.42 Å². The van der Waals surface area contributed by atoms with Gasteiger partial charge in [0.15, 0.2) is 0 Å². The Labute approximate surface area is 97.0 Å². The highest BCUT2D eigenvalue weighted by molar-refractivity contribution is 7.91. The molecule has 6 nitrogen and oxygen atoms in total. The van der Waals surface area contributed by atoms with Gasteiger partial charge in [0.2, 0.25) is 9.84 Å². The smallest absolute Gasteiger partial charge is 0.269 e. The molecule has 1 aromatic carbocycles. The van der Waals surface area contributed by atoms with E-state index in [2.05, 4.69) is 4.98 Å². The summed E-state index contributed by atoms with van der Waals surface area (Å²) in [6.07, 6.45) is 1.50. The molecule has 0 radical (unpaired) electrons. The van der Waals surface area contributed by atoms with Crippen LogP contribution in [0.3, 0.4) is 0 Å². The minimum atomic E-state index is -3.62. The predicted molar refractivity (Wildman–Crippen MR) is 59.3 cm³/mol. The van der Waals surface area contributed by atoms with Crippen molar-refractivity contribution in [1.82, 2.24) is 4.98 Å². The maximum atomic E-state index is 12.0. The fourth-order valence-electron chi connectivity index (χ4n) is 1.35. The van der Waals surface area contributed by atoms with Gasteiger partial charge in [0.1, 0.15) is 5.03 Å². The second kappa shape index (κ2) is 4.02. The first kappa shape index (κ1) is 11.3. The molecule has 1 aromatic heterocycles. The molecule has 0 fully saturated rings. The molecule has 1 heterocycles. The number of hydrogen-bond donors (Lipinski definition) is 1. The first-order valence-corrected chi connectivity index (χ1v) is 6.13. The fourth-order valence-corrected chi connectivity index (χ4v) is 2.58. The van der Waals surface area contributed by atoms with Crippen LogP contribution in [0.5, 0.6) is 0 Å². The average molecular weight is 252 g/mol. The molecule has 2 rings (SSSR count). The van der Waals surface area contributed by atoms with Gasteiger partial charge < -0.3 is 4.98 Å². The van der Waals surface area contributed by atoms with Crippen LogP contribution >= 0.6 is 0 Å². The lowest BCUT2D eigenvalue weighted by Gasteiger charge is -2.01. The highest BCUT2D eigenvalue weighted by Crippen LogP contribution is 2.21. The van der Waals surface area contributed by atoms with E-state index in [0.29, 0.717) is 0 Å². The molecule has 0 saturated heterocycles. The topological polar surface area (TPSA) is 93.1 Å². The van der Waals surface area contributed by atoms with Gasteiger partial charge in [0.05, 0.1) is 9.82 Å². The van der Waals surface area contributed by atoms with E-state index < -0.39 is 14.8 Å². The van der Waals surface area contributed by atoms with Gasteiger partial charge >= 0.3 is 0 Å². The Hall–Kier alpha value is -2.15. The molecular formula is C10H8N2O4S. The van der Waals surface area contributed by atoms with E-state index in [-0.39, 0.29) is 15.6 Å². The van der Waals surface area contributed by atoms with E-state index in [1.807, 2.05) is 0 Å². The Bertz CT molecular complexity index is 629. The number of benzene rings is 1. The number of nitro groups is 1. The largest absolute Gasteiger partial charge is 0.352 e. The average Bonchev–Trinajstić information content (AvgIpc) is 2.83. The van der Waals surface area contributed by atoms with Crippen molar-refractivity contribution in [2.75, 3.05) is 0 Å². The normalized spacial score (nSPS) is 11.3. The Morgan fingerprint density at radius 3 is 2.24 bits per heavy atom. The lowest BCUT2D eigenvalue weighted by atomic mass is 10.3. The molecule has 0 atom stereocenters. The maximum Gasteiger partial charge on any atom is 0.269 e. The van der Waals surface area contributed by atoms with Crippen LogP contribution in [-0.4, -0.2) is 18.3 Å². The van der Waals surface area contributed by atoms with Crippen molar-refractivity contribution in [2.45, 2.75) is 9.92 Å². The number of nitrogens with one attached hydrogen (secondary N) is 1. The summed E-state index contributed by atoms with van der Waals surface area (Å²) in [4.78, 5) is 12.5. The number of hydrogen-bond acceptors (Lipinski definition) is 4. The van der Waals surface area contributed by atoms with Gasteiger partial charge in [-0.2, -0.15) is 0 Å². The molecule has 0 unspecified atom stereocenters. The molecule has 0 spiro atoms. The third-order valence-electron chi connectivity index (χ3n) is 2.22. The standard InChI is InChI=1S/C10H8N2O4S/c13-12(14)8-3-5-9(6-4-8)17(15,16)10-2-1-7-11-10/h1-7,11H. The number of H-pyrrole nitrogens is 1. The lowest BCUT2D eigenvalue weighted by Crippen LogP contribution is -2.02. The number of sulfone groups is 1.